The number of piperidine rings is 1. The molecule has 0 aromatic carbocycles. The Morgan fingerprint density at radius 2 is 2.14 bits per heavy atom. The number of aromatic nitrogens is 1. The molecule has 1 aliphatic carbocycles. The third kappa shape index (κ3) is 2.89. The predicted octanol–water partition coefficient (Wildman–Crippen LogP) is 1.26. The number of nitrogens with zero attached hydrogens (tertiary/aromatic N) is 2. The first-order chi connectivity index (χ1) is 10.0. The zero-order valence-electron chi connectivity index (χ0n) is 11.9. The highest BCUT2D eigenvalue weighted by Gasteiger charge is 2.42. The molecule has 1 saturated carbocycles. The number of aliphatic hydroxyl groups excluding tert-OH is 1. The highest BCUT2D eigenvalue weighted by Crippen LogP contribution is 2.43. The first-order valence-corrected chi connectivity index (χ1v) is 9.71. The summed E-state index contributed by atoms with van der Waals surface area (Å²) < 4.78 is 29.2. The normalized spacial score (nSPS) is 23.5. The van der Waals surface area contributed by atoms with E-state index >= 15 is 0 Å². The summed E-state index contributed by atoms with van der Waals surface area (Å²) >= 11 is 1.18. The molecule has 1 aromatic heterocycles. The average Bonchev–Trinajstić information content (AvgIpc) is 3.23. The van der Waals surface area contributed by atoms with Crippen molar-refractivity contribution in [3.8, 4) is 0 Å². The fourth-order valence-electron chi connectivity index (χ4n) is 2.97. The van der Waals surface area contributed by atoms with Crippen molar-refractivity contribution in [3.05, 3.63) is 0 Å². The summed E-state index contributed by atoms with van der Waals surface area (Å²) in [6.45, 7) is 1.78. The van der Waals surface area contributed by atoms with Crippen LogP contribution in [0.3, 0.4) is 0 Å². The molecule has 1 aromatic rings. The van der Waals surface area contributed by atoms with Gasteiger partial charge >= 0.3 is 0 Å². The van der Waals surface area contributed by atoms with Gasteiger partial charge in [0.2, 0.25) is 0 Å². The van der Waals surface area contributed by atoms with E-state index in [0.29, 0.717) is 10.9 Å². The Kier molecular flexibility index (Phi) is 4.11. The average molecular weight is 331 g/mol. The number of hydrogen-bond donors (Lipinski definition) is 2. The number of nitrogens with two attached hydrogens (primary N) is 1. The van der Waals surface area contributed by atoms with Gasteiger partial charge in [-0.2, -0.15) is 4.37 Å². The van der Waals surface area contributed by atoms with Crippen molar-refractivity contribution in [2.75, 3.05) is 30.3 Å². The minimum absolute atomic E-state index is 0.145. The van der Waals surface area contributed by atoms with Crippen LogP contribution in [-0.2, 0) is 9.84 Å². The van der Waals surface area contributed by atoms with E-state index in [0.717, 1.165) is 45.2 Å². The summed E-state index contributed by atoms with van der Waals surface area (Å²) in [5.74, 6) is 0.551. The van der Waals surface area contributed by atoms with E-state index in [-0.39, 0.29) is 22.6 Å². The van der Waals surface area contributed by atoms with Crippen molar-refractivity contribution in [3.63, 3.8) is 0 Å². The molecule has 2 heterocycles. The molecule has 3 rings (SSSR count). The van der Waals surface area contributed by atoms with Gasteiger partial charge < -0.3 is 15.7 Å². The SMILES string of the molecule is Nc1nsc(N2CCCC(CCO)C2)c1S(=O)(=O)C1CC1. The molecule has 1 unspecified atom stereocenters. The van der Waals surface area contributed by atoms with Crippen LogP contribution in [0.2, 0.25) is 0 Å². The molecule has 1 aliphatic heterocycles. The van der Waals surface area contributed by atoms with Gasteiger partial charge in [0, 0.05) is 19.7 Å². The van der Waals surface area contributed by atoms with Gasteiger partial charge in [0.25, 0.3) is 0 Å². The van der Waals surface area contributed by atoms with Crippen molar-refractivity contribution < 1.29 is 13.5 Å². The first-order valence-electron chi connectivity index (χ1n) is 7.39. The Bertz CT molecular complexity index is 608. The molecular weight excluding hydrogens is 310 g/mol. The molecule has 0 bridgehead atoms. The second-order valence-electron chi connectivity index (χ2n) is 5.91. The first kappa shape index (κ1) is 15.1. The number of aliphatic hydroxyl groups is 1. The van der Waals surface area contributed by atoms with Gasteiger partial charge in [-0.1, -0.05) is 0 Å². The second kappa shape index (κ2) is 5.73. The maximum atomic E-state index is 12.6. The fourth-order valence-corrected chi connectivity index (χ4v) is 6.03. The number of sulfone groups is 1. The Balaban J connectivity index is 1.89. The van der Waals surface area contributed by atoms with E-state index in [2.05, 4.69) is 9.27 Å². The lowest BCUT2D eigenvalue weighted by Crippen LogP contribution is -2.36. The Morgan fingerprint density at radius 3 is 2.81 bits per heavy atom. The van der Waals surface area contributed by atoms with E-state index in [1.165, 1.54) is 11.5 Å². The predicted molar refractivity (Wildman–Crippen MR) is 83.4 cm³/mol. The number of nitrogen functional groups attached to an aromatic ring is 1. The fraction of sp³-hybridized carbons (Fsp3) is 0.769. The van der Waals surface area contributed by atoms with E-state index in [1.807, 2.05) is 0 Å². The third-order valence-electron chi connectivity index (χ3n) is 4.25. The molecule has 1 atom stereocenters. The molecule has 0 radical (unpaired) electrons. The summed E-state index contributed by atoms with van der Waals surface area (Å²) in [5.41, 5.74) is 5.85. The van der Waals surface area contributed by atoms with Crippen molar-refractivity contribution >= 4 is 32.2 Å². The molecule has 2 fully saturated rings. The van der Waals surface area contributed by atoms with Crippen LogP contribution in [0, 0.1) is 5.92 Å². The second-order valence-corrected chi connectivity index (χ2v) is 8.83. The van der Waals surface area contributed by atoms with Crippen molar-refractivity contribution in [1.29, 1.82) is 0 Å². The number of hydrogen-bond acceptors (Lipinski definition) is 7. The molecular formula is C13H21N3O3S2. The van der Waals surface area contributed by atoms with Crippen molar-refractivity contribution in [1.82, 2.24) is 4.37 Å². The summed E-state index contributed by atoms with van der Waals surface area (Å²) in [6.07, 6.45) is 4.30. The third-order valence-corrected chi connectivity index (χ3v) is 7.62. The minimum atomic E-state index is -3.33. The zero-order chi connectivity index (χ0) is 15.0. The highest BCUT2D eigenvalue weighted by atomic mass is 32.2. The lowest BCUT2D eigenvalue weighted by atomic mass is 9.95. The number of anilines is 2. The molecule has 2 aliphatic rings. The van der Waals surface area contributed by atoms with Crippen LogP contribution in [0.1, 0.15) is 32.1 Å². The summed E-state index contributed by atoms with van der Waals surface area (Å²) in [4.78, 5) is 2.34. The Morgan fingerprint density at radius 1 is 1.38 bits per heavy atom. The van der Waals surface area contributed by atoms with Crippen molar-refractivity contribution in [2.45, 2.75) is 42.2 Å². The monoisotopic (exact) mass is 331 g/mol. The van der Waals surface area contributed by atoms with Crippen LogP contribution in [0.4, 0.5) is 10.8 Å². The van der Waals surface area contributed by atoms with Crippen LogP contribution in [0.5, 0.6) is 0 Å². The largest absolute Gasteiger partial charge is 0.396 e. The smallest absolute Gasteiger partial charge is 0.187 e. The maximum Gasteiger partial charge on any atom is 0.187 e. The highest BCUT2D eigenvalue weighted by molar-refractivity contribution is 7.92. The van der Waals surface area contributed by atoms with Crippen LogP contribution < -0.4 is 10.6 Å². The van der Waals surface area contributed by atoms with E-state index in [1.54, 1.807) is 0 Å². The molecule has 8 heteroatoms. The summed E-state index contributed by atoms with van der Waals surface area (Å²) in [7, 11) is -3.33. The van der Waals surface area contributed by atoms with E-state index in [4.69, 9.17) is 10.8 Å². The van der Waals surface area contributed by atoms with Crippen LogP contribution in [0.25, 0.3) is 0 Å². The van der Waals surface area contributed by atoms with Crippen molar-refractivity contribution in [2.24, 2.45) is 5.92 Å². The lowest BCUT2D eigenvalue weighted by molar-refractivity contribution is 0.244. The quantitative estimate of drug-likeness (QED) is 0.843. The van der Waals surface area contributed by atoms with Crippen LogP contribution in [-0.4, -0.2) is 42.8 Å². The lowest BCUT2D eigenvalue weighted by Gasteiger charge is -2.33. The molecule has 118 valence electrons. The minimum Gasteiger partial charge on any atom is -0.396 e. The van der Waals surface area contributed by atoms with Crippen LogP contribution >= 0.6 is 11.5 Å². The molecule has 0 amide bonds. The Hall–Kier alpha value is -0.860. The number of rotatable bonds is 5. The van der Waals surface area contributed by atoms with Gasteiger partial charge in [0.15, 0.2) is 15.7 Å². The Labute approximate surface area is 129 Å². The van der Waals surface area contributed by atoms with Crippen LogP contribution in [0.15, 0.2) is 4.90 Å². The molecule has 0 spiro atoms. The van der Waals surface area contributed by atoms with Gasteiger partial charge in [-0.05, 0) is 49.6 Å². The molecule has 3 N–H and O–H groups in total. The summed E-state index contributed by atoms with van der Waals surface area (Å²) in [5, 5.41) is 9.53. The van der Waals surface area contributed by atoms with Gasteiger partial charge in [-0.15, -0.1) is 0 Å². The molecule has 1 saturated heterocycles. The topological polar surface area (TPSA) is 96.5 Å². The molecule has 6 nitrogen and oxygen atoms in total. The maximum absolute atomic E-state index is 12.6. The molecule has 21 heavy (non-hydrogen) atoms. The standard InChI is InChI=1S/C13H21N3O3S2/c14-12-11(21(18,19)10-3-4-10)13(20-15-12)16-6-1-2-9(8-16)5-7-17/h9-10,17H,1-8H2,(H2,14,15). The van der Waals surface area contributed by atoms with Gasteiger partial charge in [0.1, 0.15) is 9.90 Å². The van der Waals surface area contributed by atoms with Gasteiger partial charge in [0.05, 0.1) is 5.25 Å². The van der Waals surface area contributed by atoms with E-state index in [9.17, 15) is 8.42 Å². The van der Waals surface area contributed by atoms with E-state index < -0.39 is 9.84 Å². The summed E-state index contributed by atoms with van der Waals surface area (Å²) in [6, 6.07) is 0. The van der Waals surface area contributed by atoms with Gasteiger partial charge in [-0.3, -0.25) is 0 Å². The van der Waals surface area contributed by atoms with Gasteiger partial charge in [-0.25, -0.2) is 8.42 Å². The zero-order valence-corrected chi connectivity index (χ0v) is 13.5.